The summed E-state index contributed by atoms with van der Waals surface area (Å²) in [5.74, 6) is -2.14. The second kappa shape index (κ2) is 5.75. The molecular formula is C13H19F3O8S. The summed E-state index contributed by atoms with van der Waals surface area (Å²) in [5, 5.41) is 0. The second-order valence-corrected chi connectivity index (χ2v) is 8.46. The Bertz CT molecular complexity index is 632. The van der Waals surface area contributed by atoms with Crippen molar-refractivity contribution in [3.63, 3.8) is 0 Å². The van der Waals surface area contributed by atoms with Gasteiger partial charge in [-0.15, -0.1) is 0 Å². The zero-order chi connectivity index (χ0) is 18.8. The molecule has 3 rings (SSSR count). The Balaban J connectivity index is 1.86. The molecular weight excluding hydrogens is 373 g/mol. The van der Waals surface area contributed by atoms with Crippen LogP contribution in [0.2, 0.25) is 0 Å². The van der Waals surface area contributed by atoms with E-state index in [1.165, 1.54) is 13.8 Å². The number of halogens is 3. The maximum atomic E-state index is 12.7. The van der Waals surface area contributed by atoms with Gasteiger partial charge < -0.3 is 23.7 Å². The van der Waals surface area contributed by atoms with Crippen molar-refractivity contribution in [2.24, 2.45) is 0 Å². The molecule has 0 amide bonds. The smallest absolute Gasteiger partial charge is 0.348 e. The van der Waals surface area contributed by atoms with Crippen LogP contribution in [0.3, 0.4) is 0 Å². The fourth-order valence-electron chi connectivity index (χ4n) is 2.99. The lowest BCUT2D eigenvalue weighted by Gasteiger charge is -2.28. The van der Waals surface area contributed by atoms with Gasteiger partial charge in [0.1, 0.15) is 24.4 Å². The summed E-state index contributed by atoms with van der Waals surface area (Å²) < 4.78 is 93.0. The predicted molar refractivity (Wildman–Crippen MR) is 73.4 cm³/mol. The molecule has 0 aromatic heterocycles. The minimum Gasteiger partial charge on any atom is -0.348 e. The quantitative estimate of drug-likeness (QED) is 0.524. The molecule has 0 N–H and O–H groups in total. The monoisotopic (exact) mass is 392 g/mol. The van der Waals surface area contributed by atoms with Gasteiger partial charge in [-0.2, -0.15) is 21.6 Å². The summed E-state index contributed by atoms with van der Waals surface area (Å²) in [6.07, 6.45) is -5.86. The lowest BCUT2D eigenvalue weighted by molar-refractivity contribution is -0.230. The highest BCUT2D eigenvalue weighted by atomic mass is 32.2. The molecule has 3 heterocycles. The van der Waals surface area contributed by atoms with Gasteiger partial charge in [0, 0.05) is 0 Å². The van der Waals surface area contributed by atoms with Crippen LogP contribution in [0.1, 0.15) is 27.7 Å². The van der Waals surface area contributed by atoms with Gasteiger partial charge in [-0.3, -0.25) is 4.18 Å². The van der Waals surface area contributed by atoms with E-state index in [1.807, 2.05) is 0 Å². The topological polar surface area (TPSA) is 89.5 Å². The first kappa shape index (κ1) is 19.3. The third-order valence-corrected chi connectivity index (χ3v) is 4.99. The second-order valence-electron chi connectivity index (χ2n) is 6.90. The molecule has 3 aliphatic rings. The standard InChI is InChI=1S/C13H19F3O8S/c1-11(2)19-5-6(21-11)7-8(24-25(17,18)13(14,15)16)9-10(20-7)23-12(3,4)22-9/h6-10H,5H2,1-4H3/t6?,7-,8+,9-,10?/m1/s1. The molecule has 0 aromatic rings. The number of alkyl halides is 3. The van der Waals surface area contributed by atoms with Gasteiger partial charge in [0.15, 0.2) is 17.9 Å². The Hall–Kier alpha value is -0.500. The van der Waals surface area contributed by atoms with E-state index >= 15 is 0 Å². The van der Waals surface area contributed by atoms with Crippen LogP contribution in [0.4, 0.5) is 13.2 Å². The van der Waals surface area contributed by atoms with E-state index in [0.29, 0.717) is 0 Å². The summed E-state index contributed by atoms with van der Waals surface area (Å²) in [6.45, 7) is 6.27. The Labute approximate surface area is 142 Å². The highest BCUT2D eigenvalue weighted by Gasteiger charge is 2.62. The lowest BCUT2D eigenvalue weighted by Crippen LogP contribution is -2.46. The lowest BCUT2D eigenvalue weighted by atomic mass is 10.1. The Morgan fingerprint density at radius 1 is 1.00 bits per heavy atom. The normalized spacial score (nSPS) is 40.4. The number of ether oxygens (including phenoxy) is 5. The zero-order valence-corrected chi connectivity index (χ0v) is 14.7. The van der Waals surface area contributed by atoms with E-state index in [9.17, 15) is 21.6 Å². The van der Waals surface area contributed by atoms with Crippen molar-refractivity contribution >= 4 is 10.1 Å². The highest BCUT2D eigenvalue weighted by Crippen LogP contribution is 2.43. The Morgan fingerprint density at radius 3 is 2.16 bits per heavy atom. The average Bonchev–Trinajstić information content (AvgIpc) is 2.99. The molecule has 3 saturated heterocycles. The number of fused-ring (bicyclic) bond motifs is 1. The van der Waals surface area contributed by atoms with Crippen LogP contribution in [0.15, 0.2) is 0 Å². The fraction of sp³-hybridized carbons (Fsp3) is 1.00. The first-order valence-corrected chi connectivity index (χ1v) is 8.94. The molecule has 0 spiro atoms. The molecule has 3 fully saturated rings. The third-order valence-electron chi connectivity index (χ3n) is 3.95. The van der Waals surface area contributed by atoms with E-state index in [1.54, 1.807) is 13.8 Å². The first-order chi connectivity index (χ1) is 11.2. The SMILES string of the molecule is CC1(C)OCC([C@H]2OC3OC(C)(C)O[C@@H]3[C@H]2OS(=O)(=O)C(F)(F)F)O1. The maximum absolute atomic E-state index is 12.7. The molecule has 0 radical (unpaired) electrons. The van der Waals surface area contributed by atoms with Crippen LogP contribution >= 0.6 is 0 Å². The van der Waals surface area contributed by atoms with Crippen LogP contribution < -0.4 is 0 Å². The maximum Gasteiger partial charge on any atom is 0.523 e. The molecule has 0 aromatic carbocycles. The van der Waals surface area contributed by atoms with Crippen molar-refractivity contribution in [1.29, 1.82) is 0 Å². The van der Waals surface area contributed by atoms with Crippen molar-refractivity contribution in [2.45, 2.75) is 75.5 Å². The molecule has 5 atom stereocenters. The average molecular weight is 392 g/mol. The van der Waals surface area contributed by atoms with Gasteiger partial charge in [-0.05, 0) is 27.7 Å². The van der Waals surface area contributed by atoms with E-state index in [2.05, 4.69) is 4.18 Å². The molecule has 25 heavy (non-hydrogen) atoms. The highest BCUT2D eigenvalue weighted by molar-refractivity contribution is 7.87. The fourth-order valence-corrected chi connectivity index (χ4v) is 3.61. The van der Waals surface area contributed by atoms with Crippen molar-refractivity contribution < 1.29 is 49.5 Å². The van der Waals surface area contributed by atoms with Crippen LogP contribution in [0.25, 0.3) is 0 Å². The Kier molecular flexibility index (Phi) is 4.43. The van der Waals surface area contributed by atoms with Crippen LogP contribution in [0, 0.1) is 0 Å². The number of hydrogen-bond acceptors (Lipinski definition) is 8. The minimum absolute atomic E-state index is 0.00751. The summed E-state index contributed by atoms with van der Waals surface area (Å²) in [5.41, 5.74) is -5.57. The van der Waals surface area contributed by atoms with Gasteiger partial charge >= 0.3 is 15.6 Å². The molecule has 0 bridgehead atoms. The molecule has 0 aliphatic carbocycles. The van der Waals surface area contributed by atoms with Gasteiger partial charge in [0.05, 0.1) is 6.61 Å². The minimum atomic E-state index is -5.86. The van der Waals surface area contributed by atoms with Crippen molar-refractivity contribution in [1.82, 2.24) is 0 Å². The summed E-state index contributed by atoms with van der Waals surface area (Å²) in [4.78, 5) is 0. The number of hydrogen-bond donors (Lipinski definition) is 0. The van der Waals surface area contributed by atoms with E-state index < -0.39 is 57.9 Å². The molecule has 3 aliphatic heterocycles. The van der Waals surface area contributed by atoms with Gasteiger partial charge in [-0.1, -0.05) is 0 Å². The van der Waals surface area contributed by atoms with Gasteiger partial charge in [-0.25, -0.2) is 0 Å². The molecule has 0 saturated carbocycles. The van der Waals surface area contributed by atoms with Crippen molar-refractivity contribution in [3.05, 3.63) is 0 Å². The molecule has 146 valence electrons. The van der Waals surface area contributed by atoms with E-state index in [0.717, 1.165) is 0 Å². The van der Waals surface area contributed by atoms with Gasteiger partial charge in [0.25, 0.3) is 0 Å². The molecule has 12 heteroatoms. The largest absolute Gasteiger partial charge is 0.523 e. The molecule has 2 unspecified atom stereocenters. The van der Waals surface area contributed by atoms with Crippen LogP contribution in [-0.2, 0) is 38.0 Å². The summed E-state index contributed by atoms with van der Waals surface area (Å²) >= 11 is 0. The summed E-state index contributed by atoms with van der Waals surface area (Å²) in [7, 11) is -5.86. The molecule has 8 nitrogen and oxygen atoms in total. The zero-order valence-electron chi connectivity index (χ0n) is 13.9. The third kappa shape index (κ3) is 3.66. The van der Waals surface area contributed by atoms with E-state index in [-0.39, 0.29) is 6.61 Å². The predicted octanol–water partition coefficient (Wildman–Crippen LogP) is 1.25. The van der Waals surface area contributed by atoms with Crippen molar-refractivity contribution in [3.8, 4) is 0 Å². The van der Waals surface area contributed by atoms with Crippen molar-refractivity contribution in [2.75, 3.05) is 6.61 Å². The van der Waals surface area contributed by atoms with Crippen LogP contribution in [-0.4, -0.2) is 62.8 Å². The Morgan fingerprint density at radius 2 is 1.64 bits per heavy atom. The summed E-state index contributed by atoms with van der Waals surface area (Å²) in [6, 6.07) is 0. The van der Waals surface area contributed by atoms with E-state index in [4.69, 9.17) is 23.7 Å². The van der Waals surface area contributed by atoms with Gasteiger partial charge in [0.2, 0.25) is 0 Å². The van der Waals surface area contributed by atoms with Crippen LogP contribution in [0.5, 0.6) is 0 Å². The first-order valence-electron chi connectivity index (χ1n) is 7.53. The number of rotatable bonds is 3.